The van der Waals surface area contributed by atoms with Crippen LogP contribution in [0.15, 0.2) is 6.20 Å². The highest BCUT2D eigenvalue weighted by Crippen LogP contribution is 2.31. The molecule has 12 heavy (non-hydrogen) atoms. The molecule has 0 aliphatic carbocycles. The molecular formula is C8H12ClN3. The summed E-state index contributed by atoms with van der Waals surface area (Å²) in [5, 5.41) is 7.98. The first kappa shape index (κ1) is 9.26. The van der Waals surface area contributed by atoms with Crippen LogP contribution in [0.3, 0.4) is 0 Å². The lowest BCUT2D eigenvalue weighted by molar-refractivity contribution is 0.588. The van der Waals surface area contributed by atoms with E-state index < -0.39 is 0 Å². The third-order valence-corrected chi connectivity index (χ3v) is 1.87. The van der Waals surface area contributed by atoms with E-state index in [0.717, 1.165) is 5.56 Å². The zero-order valence-corrected chi connectivity index (χ0v) is 8.18. The van der Waals surface area contributed by atoms with E-state index in [4.69, 9.17) is 17.3 Å². The van der Waals surface area contributed by atoms with Crippen molar-refractivity contribution < 1.29 is 0 Å². The standard InChI is InChI=1S/C8H12ClN3/c1-8(2,3)6-5(9)4-11-12-7(6)10/h4H,1-3H3,(H2,10,12). The van der Waals surface area contributed by atoms with Gasteiger partial charge in [0.2, 0.25) is 0 Å². The third-order valence-electron chi connectivity index (χ3n) is 1.58. The molecule has 0 amide bonds. The molecule has 0 bridgehead atoms. The summed E-state index contributed by atoms with van der Waals surface area (Å²) in [5.41, 5.74) is 6.42. The summed E-state index contributed by atoms with van der Waals surface area (Å²) in [4.78, 5) is 0. The maximum Gasteiger partial charge on any atom is 0.151 e. The van der Waals surface area contributed by atoms with E-state index in [1.807, 2.05) is 20.8 Å². The van der Waals surface area contributed by atoms with Crippen LogP contribution in [0.25, 0.3) is 0 Å². The van der Waals surface area contributed by atoms with Crippen LogP contribution in [0.1, 0.15) is 26.3 Å². The Kier molecular flexibility index (Phi) is 2.24. The van der Waals surface area contributed by atoms with Gasteiger partial charge in [0, 0.05) is 5.56 Å². The first-order valence-electron chi connectivity index (χ1n) is 3.70. The van der Waals surface area contributed by atoms with Crippen molar-refractivity contribution in [3.05, 3.63) is 16.8 Å². The summed E-state index contributed by atoms with van der Waals surface area (Å²) in [6.45, 7) is 6.10. The van der Waals surface area contributed by atoms with Crippen molar-refractivity contribution in [3.8, 4) is 0 Å². The van der Waals surface area contributed by atoms with Crippen molar-refractivity contribution in [2.75, 3.05) is 5.73 Å². The summed E-state index contributed by atoms with van der Waals surface area (Å²) in [7, 11) is 0. The topological polar surface area (TPSA) is 51.8 Å². The molecule has 1 aromatic heterocycles. The average Bonchev–Trinajstić information content (AvgIpc) is 1.82. The lowest BCUT2D eigenvalue weighted by Crippen LogP contribution is -2.16. The number of halogens is 1. The molecule has 0 radical (unpaired) electrons. The summed E-state index contributed by atoms with van der Waals surface area (Å²) >= 11 is 5.93. The molecule has 2 N–H and O–H groups in total. The van der Waals surface area contributed by atoms with Crippen LogP contribution < -0.4 is 5.73 Å². The predicted molar refractivity (Wildman–Crippen MR) is 50.2 cm³/mol. The average molecular weight is 186 g/mol. The largest absolute Gasteiger partial charge is 0.382 e. The third kappa shape index (κ3) is 1.67. The molecule has 0 aromatic carbocycles. The van der Waals surface area contributed by atoms with E-state index in [9.17, 15) is 0 Å². The lowest BCUT2D eigenvalue weighted by Gasteiger charge is -2.20. The molecule has 0 aliphatic heterocycles. The van der Waals surface area contributed by atoms with Gasteiger partial charge in [-0.15, -0.1) is 5.10 Å². The highest BCUT2D eigenvalue weighted by Gasteiger charge is 2.21. The van der Waals surface area contributed by atoms with Gasteiger partial charge in [0.05, 0.1) is 11.2 Å². The monoisotopic (exact) mass is 185 g/mol. The Labute approximate surface area is 76.9 Å². The smallest absolute Gasteiger partial charge is 0.151 e. The molecule has 3 nitrogen and oxygen atoms in total. The van der Waals surface area contributed by atoms with Gasteiger partial charge < -0.3 is 5.73 Å². The fourth-order valence-electron chi connectivity index (χ4n) is 1.12. The zero-order chi connectivity index (χ0) is 9.35. The molecule has 0 unspecified atom stereocenters. The molecule has 0 atom stereocenters. The Bertz CT molecular complexity index is 271. The SMILES string of the molecule is CC(C)(C)c1c(Cl)cnnc1N. The summed E-state index contributed by atoms with van der Waals surface area (Å²) in [6, 6.07) is 0. The number of anilines is 1. The van der Waals surface area contributed by atoms with E-state index >= 15 is 0 Å². The van der Waals surface area contributed by atoms with Gasteiger partial charge in [-0.3, -0.25) is 0 Å². The number of nitrogens with two attached hydrogens (primary N) is 1. The van der Waals surface area contributed by atoms with Gasteiger partial charge in [-0.25, -0.2) is 0 Å². The van der Waals surface area contributed by atoms with Gasteiger partial charge in [0.1, 0.15) is 0 Å². The summed E-state index contributed by atoms with van der Waals surface area (Å²) in [5.74, 6) is 0.412. The lowest BCUT2D eigenvalue weighted by atomic mass is 9.88. The minimum absolute atomic E-state index is 0.0862. The second-order valence-electron chi connectivity index (χ2n) is 3.70. The van der Waals surface area contributed by atoms with Crippen LogP contribution in [-0.4, -0.2) is 10.2 Å². The molecule has 0 saturated heterocycles. The first-order valence-corrected chi connectivity index (χ1v) is 4.08. The molecule has 66 valence electrons. The molecule has 0 aliphatic rings. The van der Waals surface area contributed by atoms with Crippen molar-refractivity contribution in [1.29, 1.82) is 0 Å². The van der Waals surface area contributed by atoms with Gasteiger partial charge in [0.25, 0.3) is 0 Å². The highest BCUT2D eigenvalue weighted by atomic mass is 35.5. The van der Waals surface area contributed by atoms with E-state index in [0.29, 0.717) is 10.8 Å². The number of nitrogen functional groups attached to an aromatic ring is 1. The molecule has 0 fully saturated rings. The van der Waals surface area contributed by atoms with Crippen LogP contribution in [-0.2, 0) is 5.41 Å². The van der Waals surface area contributed by atoms with Crippen molar-refractivity contribution >= 4 is 17.4 Å². The van der Waals surface area contributed by atoms with E-state index in [1.165, 1.54) is 6.20 Å². The van der Waals surface area contributed by atoms with E-state index in [2.05, 4.69) is 10.2 Å². The molecular weight excluding hydrogens is 174 g/mol. The van der Waals surface area contributed by atoms with Crippen LogP contribution in [0.5, 0.6) is 0 Å². The molecule has 4 heteroatoms. The normalized spacial score (nSPS) is 11.7. The fourth-order valence-corrected chi connectivity index (χ4v) is 1.55. The predicted octanol–water partition coefficient (Wildman–Crippen LogP) is 2.01. The van der Waals surface area contributed by atoms with Gasteiger partial charge >= 0.3 is 0 Å². The van der Waals surface area contributed by atoms with Crippen molar-refractivity contribution in [3.63, 3.8) is 0 Å². The van der Waals surface area contributed by atoms with Gasteiger partial charge in [-0.1, -0.05) is 32.4 Å². The fraction of sp³-hybridized carbons (Fsp3) is 0.500. The van der Waals surface area contributed by atoms with Crippen molar-refractivity contribution in [2.45, 2.75) is 26.2 Å². The number of nitrogens with zero attached hydrogens (tertiary/aromatic N) is 2. The van der Waals surface area contributed by atoms with Crippen molar-refractivity contribution in [1.82, 2.24) is 10.2 Å². The zero-order valence-electron chi connectivity index (χ0n) is 7.43. The summed E-state index contributed by atoms with van der Waals surface area (Å²) < 4.78 is 0. The summed E-state index contributed by atoms with van der Waals surface area (Å²) in [6.07, 6.45) is 1.51. The Morgan fingerprint density at radius 3 is 2.33 bits per heavy atom. The molecule has 1 aromatic rings. The van der Waals surface area contributed by atoms with Gasteiger partial charge in [0.15, 0.2) is 5.82 Å². The second kappa shape index (κ2) is 2.90. The van der Waals surface area contributed by atoms with Gasteiger partial charge in [-0.2, -0.15) is 5.10 Å². The van der Waals surface area contributed by atoms with E-state index in [1.54, 1.807) is 0 Å². The minimum atomic E-state index is -0.0862. The second-order valence-corrected chi connectivity index (χ2v) is 4.11. The van der Waals surface area contributed by atoms with Crippen LogP contribution in [0, 0.1) is 0 Å². The van der Waals surface area contributed by atoms with E-state index in [-0.39, 0.29) is 5.41 Å². The first-order chi connectivity index (χ1) is 5.43. The molecule has 1 rings (SSSR count). The van der Waals surface area contributed by atoms with Crippen molar-refractivity contribution in [2.24, 2.45) is 0 Å². The van der Waals surface area contributed by atoms with Crippen LogP contribution in [0.4, 0.5) is 5.82 Å². The van der Waals surface area contributed by atoms with Crippen LogP contribution in [0.2, 0.25) is 5.02 Å². The minimum Gasteiger partial charge on any atom is -0.382 e. The Hall–Kier alpha value is -0.830. The Morgan fingerprint density at radius 1 is 1.42 bits per heavy atom. The van der Waals surface area contributed by atoms with Crippen LogP contribution >= 0.6 is 11.6 Å². The quantitative estimate of drug-likeness (QED) is 0.673. The maximum atomic E-state index is 5.93. The Balaban J connectivity index is 3.31. The molecule has 0 spiro atoms. The Morgan fingerprint density at radius 2 is 2.00 bits per heavy atom. The number of rotatable bonds is 0. The van der Waals surface area contributed by atoms with Gasteiger partial charge in [-0.05, 0) is 5.41 Å². The molecule has 0 saturated carbocycles. The number of hydrogen-bond acceptors (Lipinski definition) is 3. The number of aromatic nitrogens is 2. The molecule has 1 heterocycles. The maximum absolute atomic E-state index is 5.93. The highest BCUT2D eigenvalue weighted by molar-refractivity contribution is 6.31. The number of hydrogen-bond donors (Lipinski definition) is 1.